The highest BCUT2D eigenvalue weighted by Gasteiger charge is 2.18. The Hall–Kier alpha value is -0.950. The Morgan fingerprint density at radius 2 is 2.10 bits per heavy atom. The summed E-state index contributed by atoms with van der Waals surface area (Å²) >= 11 is 0. The van der Waals surface area contributed by atoms with E-state index in [0.29, 0.717) is 13.1 Å². The first-order valence-corrected chi connectivity index (χ1v) is 8.61. The Balaban J connectivity index is 1.89. The second-order valence-corrected chi connectivity index (χ2v) is 6.93. The fourth-order valence-electron chi connectivity index (χ4n) is 2.31. The Bertz CT molecular complexity index is 525. The van der Waals surface area contributed by atoms with Crippen molar-refractivity contribution in [2.24, 2.45) is 5.73 Å². The summed E-state index contributed by atoms with van der Waals surface area (Å²) in [6.07, 6.45) is 3.10. The van der Waals surface area contributed by atoms with Crippen LogP contribution in [0.1, 0.15) is 30.4 Å². The van der Waals surface area contributed by atoms with Gasteiger partial charge in [-0.3, -0.25) is 0 Å². The lowest BCUT2D eigenvalue weighted by molar-refractivity contribution is 0.0200. The van der Waals surface area contributed by atoms with Crippen LogP contribution < -0.4 is 10.5 Å². The molecule has 1 atom stereocenters. The van der Waals surface area contributed by atoms with Crippen molar-refractivity contribution in [3.8, 4) is 0 Å². The van der Waals surface area contributed by atoms with Gasteiger partial charge in [-0.15, -0.1) is 0 Å². The van der Waals surface area contributed by atoms with Gasteiger partial charge < -0.3 is 10.5 Å². The molecule has 112 valence electrons. The van der Waals surface area contributed by atoms with E-state index in [4.69, 9.17) is 10.5 Å². The molecule has 1 aromatic carbocycles. The van der Waals surface area contributed by atoms with Crippen molar-refractivity contribution in [1.29, 1.82) is 0 Å². The van der Waals surface area contributed by atoms with E-state index in [0.717, 1.165) is 37.0 Å². The molecule has 0 saturated carbocycles. The number of hydrogen-bond donors (Lipinski definition) is 2. The number of benzene rings is 1. The van der Waals surface area contributed by atoms with Crippen LogP contribution in [-0.2, 0) is 27.1 Å². The van der Waals surface area contributed by atoms with Gasteiger partial charge in [0.2, 0.25) is 10.0 Å². The van der Waals surface area contributed by atoms with E-state index >= 15 is 0 Å². The molecule has 0 radical (unpaired) electrons. The van der Waals surface area contributed by atoms with Crippen molar-refractivity contribution < 1.29 is 13.2 Å². The third kappa shape index (κ3) is 4.86. The fraction of sp³-hybridized carbons (Fsp3) is 0.571. The molecule has 20 heavy (non-hydrogen) atoms. The zero-order valence-corrected chi connectivity index (χ0v) is 12.4. The van der Waals surface area contributed by atoms with Crippen LogP contribution in [0.15, 0.2) is 24.3 Å². The van der Waals surface area contributed by atoms with Gasteiger partial charge in [0.1, 0.15) is 0 Å². The molecule has 0 aliphatic carbocycles. The summed E-state index contributed by atoms with van der Waals surface area (Å²) in [5, 5.41) is 0. The molecule has 1 unspecified atom stereocenters. The zero-order valence-electron chi connectivity index (χ0n) is 11.5. The molecule has 3 N–H and O–H groups in total. The molecule has 1 fully saturated rings. The van der Waals surface area contributed by atoms with E-state index in [1.165, 1.54) is 0 Å². The molecule has 6 heteroatoms. The van der Waals surface area contributed by atoms with E-state index in [1.54, 1.807) is 6.07 Å². The van der Waals surface area contributed by atoms with E-state index in [-0.39, 0.29) is 11.9 Å². The second-order valence-electron chi connectivity index (χ2n) is 5.12. The maximum atomic E-state index is 12.0. The lowest BCUT2D eigenvalue weighted by atomic mass is 10.1. The number of hydrogen-bond acceptors (Lipinski definition) is 4. The van der Waals surface area contributed by atoms with Gasteiger partial charge in [-0.2, -0.15) is 0 Å². The minimum absolute atomic E-state index is 0.00824. The van der Waals surface area contributed by atoms with Crippen molar-refractivity contribution in [2.75, 3.05) is 13.2 Å². The molecule has 1 aromatic rings. The molecular formula is C14H22N2O3S. The summed E-state index contributed by atoms with van der Waals surface area (Å²) in [6.45, 7) is 1.50. The normalized spacial score (nSPS) is 19.9. The van der Waals surface area contributed by atoms with Crippen LogP contribution >= 0.6 is 0 Å². The van der Waals surface area contributed by atoms with Crippen molar-refractivity contribution in [2.45, 2.75) is 37.7 Å². The van der Waals surface area contributed by atoms with Gasteiger partial charge >= 0.3 is 0 Å². The number of nitrogens with two attached hydrogens (primary N) is 1. The number of sulfonamides is 1. The van der Waals surface area contributed by atoms with Crippen LogP contribution in [0.5, 0.6) is 0 Å². The van der Waals surface area contributed by atoms with E-state index in [9.17, 15) is 8.42 Å². The molecule has 1 aliphatic rings. The standard InChI is InChI=1S/C14H22N2O3S/c15-9-12-4-3-5-13(8-12)11-20(17,18)16-10-14-6-1-2-7-19-14/h3-5,8,14,16H,1-2,6-7,9-11,15H2. The predicted molar refractivity (Wildman–Crippen MR) is 78.6 cm³/mol. The third-order valence-corrected chi connectivity index (χ3v) is 4.71. The summed E-state index contributed by atoms with van der Waals surface area (Å²) in [7, 11) is -3.33. The zero-order chi connectivity index (χ0) is 14.4. The first-order chi connectivity index (χ1) is 9.59. The molecule has 0 amide bonds. The van der Waals surface area contributed by atoms with E-state index < -0.39 is 10.0 Å². The highest BCUT2D eigenvalue weighted by Crippen LogP contribution is 2.13. The summed E-state index contributed by atoms with van der Waals surface area (Å²) < 4.78 is 32.2. The van der Waals surface area contributed by atoms with Crippen molar-refractivity contribution in [3.63, 3.8) is 0 Å². The van der Waals surface area contributed by atoms with Crippen LogP contribution in [0.3, 0.4) is 0 Å². The Labute approximate surface area is 120 Å². The van der Waals surface area contributed by atoms with Crippen molar-refractivity contribution in [1.82, 2.24) is 4.72 Å². The molecule has 5 nitrogen and oxygen atoms in total. The molecular weight excluding hydrogens is 276 g/mol. The summed E-state index contributed by atoms with van der Waals surface area (Å²) in [4.78, 5) is 0. The molecule has 1 heterocycles. The minimum Gasteiger partial charge on any atom is -0.377 e. The van der Waals surface area contributed by atoms with Crippen molar-refractivity contribution >= 4 is 10.0 Å². The Kier molecular flexibility index (Phi) is 5.54. The van der Waals surface area contributed by atoms with Gasteiger partial charge in [0.15, 0.2) is 0 Å². The molecule has 2 rings (SSSR count). The second kappa shape index (κ2) is 7.17. The molecule has 1 saturated heterocycles. The molecule has 1 aliphatic heterocycles. The Morgan fingerprint density at radius 3 is 2.80 bits per heavy atom. The highest BCUT2D eigenvalue weighted by atomic mass is 32.2. The summed E-state index contributed by atoms with van der Waals surface area (Å²) in [5.41, 5.74) is 7.25. The van der Waals surface area contributed by atoms with E-state index in [1.807, 2.05) is 18.2 Å². The quantitative estimate of drug-likeness (QED) is 0.825. The monoisotopic (exact) mass is 298 g/mol. The summed E-state index contributed by atoms with van der Waals surface area (Å²) in [5.74, 6) is -0.0203. The van der Waals surface area contributed by atoms with Crippen LogP contribution in [0.25, 0.3) is 0 Å². The van der Waals surface area contributed by atoms with Crippen LogP contribution in [-0.4, -0.2) is 27.7 Å². The largest absolute Gasteiger partial charge is 0.377 e. The van der Waals surface area contributed by atoms with E-state index in [2.05, 4.69) is 4.72 Å². The summed E-state index contributed by atoms with van der Waals surface area (Å²) in [6, 6.07) is 7.35. The van der Waals surface area contributed by atoms with Gasteiger partial charge in [0.05, 0.1) is 11.9 Å². The SMILES string of the molecule is NCc1cccc(CS(=O)(=O)NCC2CCCCO2)c1. The van der Waals surface area contributed by atoms with Gasteiger partial charge in [-0.1, -0.05) is 24.3 Å². The number of nitrogens with one attached hydrogen (secondary N) is 1. The Morgan fingerprint density at radius 1 is 1.30 bits per heavy atom. The number of rotatable bonds is 6. The topological polar surface area (TPSA) is 81.4 Å². The van der Waals surface area contributed by atoms with Gasteiger partial charge in [0, 0.05) is 19.7 Å². The average Bonchev–Trinajstić information content (AvgIpc) is 2.46. The van der Waals surface area contributed by atoms with Crippen LogP contribution in [0.2, 0.25) is 0 Å². The third-order valence-electron chi connectivity index (χ3n) is 3.39. The average molecular weight is 298 g/mol. The highest BCUT2D eigenvalue weighted by molar-refractivity contribution is 7.88. The lowest BCUT2D eigenvalue weighted by Gasteiger charge is -2.22. The maximum absolute atomic E-state index is 12.0. The molecule has 0 spiro atoms. The maximum Gasteiger partial charge on any atom is 0.215 e. The van der Waals surface area contributed by atoms with Crippen molar-refractivity contribution in [3.05, 3.63) is 35.4 Å². The van der Waals surface area contributed by atoms with Gasteiger partial charge in [-0.05, 0) is 30.4 Å². The first kappa shape index (κ1) is 15.4. The van der Waals surface area contributed by atoms with Crippen LogP contribution in [0.4, 0.5) is 0 Å². The fourth-order valence-corrected chi connectivity index (χ4v) is 3.47. The molecule has 0 aromatic heterocycles. The smallest absolute Gasteiger partial charge is 0.215 e. The van der Waals surface area contributed by atoms with Gasteiger partial charge in [0.25, 0.3) is 0 Å². The first-order valence-electron chi connectivity index (χ1n) is 6.96. The number of ether oxygens (including phenoxy) is 1. The molecule has 0 bridgehead atoms. The van der Waals surface area contributed by atoms with Crippen LogP contribution in [0, 0.1) is 0 Å². The predicted octanol–water partition coefficient (Wildman–Crippen LogP) is 1.13. The lowest BCUT2D eigenvalue weighted by Crippen LogP contribution is -2.36. The van der Waals surface area contributed by atoms with Gasteiger partial charge in [-0.25, -0.2) is 13.1 Å². The minimum atomic E-state index is -3.33.